The number of rotatable bonds is 51. The van der Waals surface area contributed by atoms with Crippen LogP contribution in [0.25, 0.3) is 0 Å². The van der Waals surface area contributed by atoms with E-state index in [4.69, 9.17) is 11.5 Å². The van der Waals surface area contributed by atoms with Crippen molar-refractivity contribution in [3.05, 3.63) is 0 Å². The van der Waals surface area contributed by atoms with Crippen LogP contribution in [0.4, 0.5) is 0 Å². The number of nitrogens with one attached hydrogen (secondary N) is 2. The number of nitrogens with zero attached hydrogens (tertiary/aromatic N) is 1. The second-order valence-electron chi connectivity index (χ2n) is 18.4. The van der Waals surface area contributed by atoms with Gasteiger partial charge in [0.1, 0.15) is 0 Å². The zero-order chi connectivity index (χ0) is 42.1. The Bertz CT molecular complexity index is 730. The highest BCUT2D eigenvalue weighted by molar-refractivity contribution is 5.78. The van der Waals surface area contributed by atoms with E-state index in [9.17, 15) is 4.79 Å². The Morgan fingerprint density at radius 1 is 0.362 bits per heavy atom. The Kier molecular flexibility index (Phi) is 50.1. The number of hydrogen-bond donors (Lipinski definition) is 4. The van der Waals surface area contributed by atoms with Gasteiger partial charge in [0.2, 0.25) is 5.91 Å². The van der Waals surface area contributed by atoms with Gasteiger partial charge < -0.3 is 27.0 Å². The van der Waals surface area contributed by atoms with Crippen LogP contribution in [0.1, 0.15) is 271 Å². The molecule has 1 atom stereocenters. The lowest BCUT2D eigenvalue weighted by atomic mass is 9.94. The van der Waals surface area contributed by atoms with Crippen LogP contribution in [0.3, 0.4) is 0 Å². The van der Waals surface area contributed by atoms with Crippen LogP contribution < -0.4 is 22.1 Å². The van der Waals surface area contributed by atoms with Crippen LogP contribution in [-0.2, 0) is 4.79 Å². The third-order valence-electron chi connectivity index (χ3n) is 12.7. The molecule has 0 heterocycles. The number of amides is 1. The molecule has 0 aromatic heterocycles. The molecule has 0 aromatic carbocycles. The summed E-state index contributed by atoms with van der Waals surface area (Å²) in [5, 5.41) is 7.17. The summed E-state index contributed by atoms with van der Waals surface area (Å²) in [4.78, 5) is 16.5. The maximum atomic E-state index is 14.2. The van der Waals surface area contributed by atoms with Gasteiger partial charge in [-0.05, 0) is 97.1 Å². The second kappa shape index (κ2) is 50.7. The Balaban J connectivity index is 4.57. The van der Waals surface area contributed by atoms with Gasteiger partial charge in [0.05, 0.1) is 0 Å². The van der Waals surface area contributed by atoms with Crippen LogP contribution in [0.2, 0.25) is 0 Å². The van der Waals surface area contributed by atoms with Crippen molar-refractivity contribution >= 4 is 5.91 Å². The van der Waals surface area contributed by atoms with Crippen molar-refractivity contribution in [3.8, 4) is 0 Å². The highest BCUT2D eigenvalue weighted by atomic mass is 16.2. The lowest BCUT2D eigenvalue weighted by Crippen LogP contribution is -2.38. The molecule has 0 saturated carbocycles. The first-order valence-electron chi connectivity index (χ1n) is 26.8. The Hall–Kier alpha value is -0.690. The molecule has 0 fully saturated rings. The summed E-state index contributed by atoms with van der Waals surface area (Å²) in [5.74, 6) is 0.597. The van der Waals surface area contributed by atoms with E-state index >= 15 is 0 Å². The smallest absolute Gasteiger partial charge is 0.225 e. The van der Waals surface area contributed by atoms with E-state index in [1.165, 1.54) is 212 Å². The Labute approximate surface area is 365 Å². The largest absolute Gasteiger partial charge is 0.342 e. The molecule has 0 aromatic rings. The van der Waals surface area contributed by atoms with E-state index in [1.807, 2.05) is 0 Å². The van der Waals surface area contributed by atoms with Gasteiger partial charge in [0.25, 0.3) is 0 Å². The van der Waals surface area contributed by atoms with Crippen molar-refractivity contribution in [2.24, 2.45) is 17.4 Å². The van der Waals surface area contributed by atoms with Crippen LogP contribution in [0, 0.1) is 5.92 Å². The minimum atomic E-state index is 0.152. The van der Waals surface area contributed by atoms with Gasteiger partial charge in [-0.25, -0.2) is 0 Å². The molecule has 0 aliphatic carbocycles. The molecule has 0 radical (unpaired) electrons. The normalized spacial score (nSPS) is 12.1. The summed E-state index contributed by atoms with van der Waals surface area (Å²) in [7, 11) is 0. The average molecular weight is 820 g/mol. The molecule has 0 rings (SSSR count). The zero-order valence-electron chi connectivity index (χ0n) is 40.0. The van der Waals surface area contributed by atoms with Crippen molar-refractivity contribution in [3.63, 3.8) is 0 Å². The Morgan fingerprint density at radius 3 is 1.02 bits per heavy atom. The van der Waals surface area contributed by atoms with Crippen LogP contribution in [0.15, 0.2) is 0 Å². The summed E-state index contributed by atoms with van der Waals surface area (Å²) in [6.07, 6.45) is 53.0. The minimum absolute atomic E-state index is 0.152. The fourth-order valence-electron chi connectivity index (χ4n) is 8.67. The molecule has 1 unspecified atom stereocenters. The van der Waals surface area contributed by atoms with E-state index in [1.54, 1.807) is 0 Å². The third-order valence-corrected chi connectivity index (χ3v) is 12.7. The fraction of sp³-hybridized carbons (Fsp3) is 0.981. The maximum Gasteiger partial charge on any atom is 0.225 e. The van der Waals surface area contributed by atoms with Crippen LogP contribution in [-0.4, -0.2) is 63.2 Å². The van der Waals surface area contributed by atoms with Crippen LogP contribution >= 0.6 is 0 Å². The number of hydrogen-bond acceptors (Lipinski definition) is 5. The molecule has 0 bridgehead atoms. The number of carbonyl (C=O) groups excluding carboxylic acids is 1. The lowest BCUT2D eigenvalue weighted by molar-refractivity contribution is -0.136. The number of carbonyl (C=O) groups is 1. The minimum Gasteiger partial charge on any atom is -0.342 e. The molecule has 6 N–H and O–H groups in total. The third kappa shape index (κ3) is 43.4. The molecule has 1 amide bonds. The van der Waals surface area contributed by atoms with E-state index in [0.29, 0.717) is 5.91 Å². The van der Waals surface area contributed by atoms with Crippen molar-refractivity contribution in [1.82, 2.24) is 15.5 Å². The molecule has 348 valence electrons. The quantitative estimate of drug-likeness (QED) is 0.0459. The van der Waals surface area contributed by atoms with Crippen molar-refractivity contribution < 1.29 is 4.79 Å². The topological polar surface area (TPSA) is 96.4 Å². The number of unbranched alkanes of at least 4 members (excludes halogenated alkanes) is 32. The molecular formula is C52H109N5O. The molecule has 6 heteroatoms. The zero-order valence-corrected chi connectivity index (χ0v) is 40.0. The first-order valence-corrected chi connectivity index (χ1v) is 26.8. The summed E-state index contributed by atoms with van der Waals surface area (Å²) in [5.41, 5.74) is 11.5. The van der Waals surface area contributed by atoms with Gasteiger partial charge in [0.15, 0.2) is 0 Å². The predicted molar refractivity (Wildman–Crippen MR) is 260 cm³/mol. The van der Waals surface area contributed by atoms with E-state index in [-0.39, 0.29) is 5.92 Å². The number of nitrogens with two attached hydrogens (primary N) is 2. The molecular weight excluding hydrogens is 711 g/mol. The first kappa shape index (κ1) is 57.3. The van der Waals surface area contributed by atoms with E-state index in [0.717, 1.165) is 97.3 Å². The second-order valence-corrected chi connectivity index (χ2v) is 18.4. The van der Waals surface area contributed by atoms with E-state index < -0.39 is 0 Å². The van der Waals surface area contributed by atoms with Gasteiger partial charge >= 0.3 is 0 Å². The van der Waals surface area contributed by atoms with Crippen LogP contribution in [0.5, 0.6) is 0 Å². The van der Waals surface area contributed by atoms with Crippen molar-refractivity contribution in [2.45, 2.75) is 271 Å². The highest BCUT2D eigenvalue weighted by Crippen LogP contribution is 2.21. The van der Waals surface area contributed by atoms with Gasteiger partial charge in [0, 0.05) is 19.0 Å². The fourth-order valence-corrected chi connectivity index (χ4v) is 8.67. The van der Waals surface area contributed by atoms with Gasteiger partial charge in [-0.15, -0.1) is 0 Å². The average Bonchev–Trinajstić information content (AvgIpc) is 3.23. The summed E-state index contributed by atoms with van der Waals surface area (Å²) < 4.78 is 0. The van der Waals surface area contributed by atoms with Gasteiger partial charge in [-0.2, -0.15) is 0 Å². The van der Waals surface area contributed by atoms with Crippen molar-refractivity contribution in [1.29, 1.82) is 0 Å². The molecule has 0 aliphatic heterocycles. The van der Waals surface area contributed by atoms with E-state index in [2.05, 4.69) is 29.4 Å². The summed E-state index contributed by atoms with van der Waals surface area (Å²) in [6, 6.07) is 0. The summed E-state index contributed by atoms with van der Waals surface area (Å²) in [6.45, 7) is 12.2. The molecule has 0 saturated heterocycles. The predicted octanol–water partition coefficient (Wildman–Crippen LogP) is 14.2. The first-order chi connectivity index (χ1) is 28.7. The Morgan fingerprint density at radius 2 is 0.655 bits per heavy atom. The maximum absolute atomic E-state index is 14.2. The lowest BCUT2D eigenvalue weighted by Gasteiger charge is -2.28. The molecule has 0 aliphatic rings. The molecule has 6 nitrogen and oxygen atoms in total. The molecule has 58 heavy (non-hydrogen) atoms. The van der Waals surface area contributed by atoms with Crippen molar-refractivity contribution in [2.75, 3.05) is 52.4 Å². The standard InChI is InChI=1S/C52H109N5O/c1-3-5-7-9-11-13-15-17-19-21-23-25-27-29-31-37-49-57(50-38-32-30-28-26-24-22-20-18-16-14-12-10-8-6-4-2)52(58)51(41-33-34-43-53)42-39-46-56-48-40-47-55-45-36-35-44-54/h51,55-56H,3-50,53-54H2,1-2H3. The monoisotopic (exact) mass is 820 g/mol. The summed E-state index contributed by atoms with van der Waals surface area (Å²) >= 11 is 0. The highest BCUT2D eigenvalue weighted by Gasteiger charge is 2.23. The SMILES string of the molecule is CCCCCCCCCCCCCCCCCCN(CCCCCCCCCCCCCCCCCC)C(=O)C(CCCCN)CCCNCCCNCCCCN. The van der Waals surface area contributed by atoms with Gasteiger partial charge in [-0.1, -0.05) is 213 Å². The molecule has 0 spiro atoms. The van der Waals surface area contributed by atoms with Gasteiger partial charge in [-0.3, -0.25) is 4.79 Å².